The van der Waals surface area contributed by atoms with E-state index in [0.717, 1.165) is 11.3 Å². The molecule has 3 rings (SSSR count). The summed E-state index contributed by atoms with van der Waals surface area (Å²) in [4.78, 5) is 23.0. The van der Waals surface area contributed by atoms with Crippen molar-refractivity contribution in [3.05, 3.63) is 69.3 Å². The van der Waals surface area contributed by atoms with Gasteiger partial charge in [0.1, 0.15) is 5.75 Å². The van der Waals surface area contributed by atoms with Crippen molar-refractivity contribution in [3.8, 4) is 5.75 Å². The fourth-order valence-corrected chi connectivity index (χ4v) is 2.68. The highest BCUT2D eigenvalue weighted by Gasteiger charge is 2.24. The number of aryl methyl sites for hydroxylation is 1. The molecule has 0 fully saturated rings. The first-order valence-electron chi connectivity index (χ1n) is 7.34. The molecular formula is C17H16N2O4. The number of nitrogens with one attached hydrogen (secondary N) is 1. The second kappa shape index (κ2) is 6.08. The minimum Gasteiger partial charge on any atom is -0.493 e. The lowest BCUT2D eigenvalue weighted by molar-refractivity contribution is -0.385. The number of nitro groups is 1. The first-order chi connectivity index (χ1) is 11.1. The highest BCUT2D eigenvalue weighted by molar-refractivity contribution is 5.95. The third-order valence-corrected chi connectivity index (χ3v) is 3.93. The summed E-state index contributed by atoms with van der Waals surface area (Å²) >= 11 is 0. The van der Waals surface area contributed by atoms with Crippen LogP contribution in [0.1, 0.15) is 33.9 Å². The summed E-state index contributed by atoms with van der Waals surface area (Å²) in [5, 5.41) is 13.9. The van der Waals surface area contributed by atoms with Gasteiger partial charge in [-0.25, -0.2) is 0 Å². The smallest absolute Gasteiger partial charge is 0.273 e. The van der Waals surface area contributed by atoms with Gasteiger partial charge in [0.05, 0.1) is 17.6 Å². The number of amides is 1. The van der Waals surface area contributed by atoms with Crippen LogP contribution in [0, 0.1) is 17.0 Å². The van der Waals surface area contributed by atoms with E-state index in [1.165, 1.54) is 6.07 Å². The molecule has 0 saturated heterocycles. The number of rotatable bonds is 3. The maximum Gasteiger partial charge on any atom is 0.273 e. The quantitative estimate of drug-likeness (QED) is 0.697. The number of nitrogens with zero attached hydrogens (tertiary/aromatic N) is 1. The van der Waals surface area contributed by atoms with Crippen molar-refractivity contribution in [1.82, 2.24) is 5.32 Å². The molecule has 1 amide bonds. The van der Waals surface area contributed by atoms with E-state index < -0.39 is 4.92 Å². The van der Waals surface area contributed by atoms with Crippen LogP contribution < -0.4 is 10.1 Å². The summed E-state index contributed by atoms with van der Waals surface area (Å²) in [7, 11) is 0. The average molecular weight is 312 g/mol. The Morgan fingerprint density at radius 3 is 2.87 bits per heavy atom. The maximum atomic E-state index is 12.4. The normalized spacial score (nSPS) is 16.1. The SMILES string of the molecule is Cc1ccc(C(=O)NC2CCOc3ccccc32)cc1[N+](=O)[O-]. The molecule has 1 N–H and O–H groups in total. The zero-order chi connectivity index (χ0) is 16.4. The van der Waals surface area contributed by atoms with E-state index in [0.29, 0.717) is 18.6 Å². The number of carbonyl (C=O) groups excluding carboxylic acids is 1. The van der Waals surface area contributed by atoms with Crippen LogP contribution in [0.5, 0.6) is 5.75 Å². The minimum absolute atomic E-state index is 0.0509. The van der Waals surface area contributed by atoms with E-state index in [1.807, 2.05) is 24.3 Å². The van der Waals surface area contributed by atoms with E-state index >= 15 is 0 Å². The Labute approximate surface area is 133 Å². The summed E-state index contributed by atoms with van der Waals surface area (Å²) in [6.07, 6.45) is 0.663. The zero-order valence-corrected chi connectivity index (χ0v) is 12.6. The first-order valence-corrected chi connectivity index (χ1v) is 7.34. The van der Waals surface area contributed by atoms with Crippen LogP contribution in [0.4, 0.5) is 5.69 Å². The van der Waals surface area contributed by atoms with Crippen molar-refractivity contribution in [2.75, 3.05) is 6.61 Å². The summed E-state index contributed by atoms with van der Waals surface area (Å²) < 4.78 is 5.57. The van der Waals surface area contributed by atoms with Crippen LogP contribution in [0.15, 0.2) is 42.5 Å². The lowest BCUT2D eigenvalue weighted by Crippen LogP contribution is -2.32. The standard InChI is InChI=1S/C17H16N2O4/c1-11-6-7-12(10-15(11)19(21)22)17(20)18-14-8-9-23-16-5-3-2-4-13(14)16/h2-7,10,14H,8-9H2,1H3,(H,18,20). The molecule has 0 aliphatic carbocycles. The molecule has 1 aliphatic heterocycles. The molecule has 118 valence electrons. The van der Waals surface area contributed by atoms with E-state index in [1.54, 1.807) is 19.1 Å². The number of fused-ring (bicyclic) bond motifs is 1. The van der Waals surface area contributed by atoms with Gasteiger partial charge in [0, 0.05) is 29.2 Å². The van der Waals surface area contributed by atoms with Crippen molar-refractivity contribution in [1.29, 1.82) is 0 Å². The molecule has 0 spiro atoms. The molecule has 0 saturated carbocycles. The van der Waals surface area contributed by atoms with Crippen LogP contribution in [-0.2, 0) is 0 Å². The Kier molecular flexibility index (Phi) is 3.97. The molecule has 1 aliphatic rings. The van der Waals surface area contributed by atoms with Gasteiger partial charge in [-0.3, -0.25) is 14.9 Å². The highest BCUT2D eigenvalue weighted by Crippen LogP contribution is 2.31. The molecule has 2 aromatic carbocycles. The predicted octanol–water partition coefficient (Wildman–Crippen LogP) is 3.16. The van der Waals surface area contributed by atoms with Crippen LogP contribution in [0.25, 0.3) is 0 Å². The fourth-order valence-electron chi connectivity index (χ4n) is 2.68. The summed E-state index contributed by atoms with van der Waals surface area (Å²) in [5.74, 6) is 0.439. The number of nitro benzene ring substituents is 1. The summed E-state index contributed by atoms with van der Waals surface area (Å²) in [6, 6.07) is 11.9. The van der Waals surface area contributed by atoms with Crippen molar-refractivity contribution >= 4 is 11.6 Å². The van der Waals surface area contributed by atoms with Gasteiger partial charge in [0.15, 0.2) is 0 Å². The van der Waals surface area contributed by atoms with Gasteiger partial charge in [0.25, 0.3) is 11.6 Å². The summed E-state index contributed by atoms with van der Waals surface area (Å²) in [6.45, 7) is 2.17. The molecule has 6 heteroatoms. The molecule has 0 radical (unpaired) electrons. The minimum atomic E-state index is -0.476. The lowest BCUT2D eigenvalue weighted by Gasteiger charge is -2.26. The number of benzene rings is 2. The number of hydrogen-bond acceptors (Lipinski definition) is 4. The average Bonchev–Trinajstić information content (AvgIpc) is 2.55. The van der Waals surface area contributed by atoms with E-state index in [9.17, 15) is 14.9 Å². The van der Waals surface area contributed by atoms with Gasteiger partial charge in [-0.2, -0.15) is 0 Å². The number of ether oxygens (including phenoxy) is 1. The topological polar surface area (TPSA) is 81.5 Å². The Balaban J connectivity index is 1.83. The second-order valence-electron chi connectivity index (χ2n) is 5.46. The van der Waals surface area contributed by atoms with Gasteiger partial charge in [-0.1, -0.05) is 24.3 Å². The van der Waals surface area contributed by atoms with E-state index in [2.05, 4.69) is 5.32 Å². The van der Waals surface area contributed by atoms with Gasteiger partial charge < -0.3 is 10.1 Å². The van der Waals surface area contributed by atoms with Crippen molar-refractivity contribution in [3.63, 3.8) is 0 Å². The van der Waals surface area contributed by atoms with Crippen molar-refractivity contribution in [2.24, 2.45) is 0 Å². The van der Waals surface area contributed by atoms with Gasteiger partial charge in [-0.15, -0.1) is 0 Å². The Morgan fingerprint density at radius 1 is 1.30 bits per heavy atom. The largest absolute Gasteiger partial charge is 0.493 e. The van der Waals surface area contributed by atoms with E-state index in [4.69, 9.17) is 4.74 Å². The van der Waals surface area contributed by atoms with Crippen LogP contribution >= 0.6 is 0 Å². The maximum absolute atomic E-state index is 12.4. The molecule has 2 aromatic rings. The molecule has 0 bridgehead atoms. The Morgan fingerprint density at radius 2 is 2.09 bits per heavy atom. The third kappa shape index (κ3) is 3.01. The van der Waals surface area contributed by atoms with Crippen LogP contribution in [0.3, 0.4) is 0 Å². The van der Waals surface area contributed by atoms with Crippen molar-refractivity contribution < 1.29 is 14.5 Å². The molecule has 1 atom stereocenters. The zero-order valence-electron chi connectivity index (χ0n) is 12.6. The van der Waals surface area contributed by atoms with Crippen LogP contribution in [-0.4, -0.2) is 17.4 Å². The molecule has 6 nitrogen and oxygen atoms in total. The molecule has 1 heterocycles. The number of para-hydroxylation sites is 1. The molecule has 0 aromatic heterocycles. The predicted molar refractivity (Wildman–Crippen MR) is 84.6 cm³/mol. The number of carbonyl (C=O) groups is 1. The Bertz CT molecular complexity index is 773. The third-order valence-electron chi connectivity index (χ3n) is 3.93. The number of hydrogen-bond donors (Lipinski definition) is 1. The summed E-state index contributed by atoms with van der Waals surface area (Å²) in [5.41, 5.74) is 1.69. The monoisotopic (exact) mass is 312 g/mol. The molecule has 23 heavy (non-hydrogen) atoms. The fraction of sp³-hybridized carbons (Fsp3) is 0.235. The first kappa shape index (κ1) is 15.0. The van der Waals surface area contributed by atoms with Gasteiger partial charge >= 0.3 is 0 Å². The van der Waals surface area contributed by atoms with Gasteiger partial charge in [0.2, 0.25) is 0 Å². The molecule has 1 unspecified atom stereocenters. The van der Waals surface area contributed by atoms with Gasteiger partial charge in [-0.05, 0) is 19.1 Å². The molecular weight excluding hydrogens is 296 g/mol. The second-order valence-corrected chi connectivity index (χ2v) is 5.46. The lowest BCUT2D eigenvalue weighted by atomic mass is 10.00. The highest BCUT2D eigenvalue weighted by atomic mass is 16.6. The Hall–Kier alpha value is -2.89. The van der Waals surface area contributed by atoms with Crippen LogP contribution in [0.2, 0.25) is 0 Å². The van der Waals surface area contributed by atoms with E-state index in [-0.39, 0.29) is 23.2 Å². The van der Waals surface area contributed by atoms with Crippen molar-refractivity contribution in [2.45, 2.75) is 19.4 Å².